The van der Waals surface area contributed by atoms with Gasteiger partial charge in [-0.1, -0.05) is 23.9 Å². The number of esters is 1. The summed E-state index contributed by atoms with van der Waals surface area (Å²) in [5, 5.41) is 15.5. The molecule has 2 heterocycles. The second-order valence-corrected chi connectivity index (χ2v) is 10.3. The number of benzene rings is 1. The number of nitrogens with one attached hydrogen (secondary N) is 2. The Labute approximate surface area is 218 Å². The number of aryl methyl sites for hydroxylation is 1. The Hall–Kier alpha value is -3.18. The van der Waals surface area contributed by atoms with Crippen LogP contribution in [0.15, 0.2) is 29.4 Å². The molecule has 3 aromatic rings. The zero-order chi connectivity index (χ0) is 25.7. The molecule has 1 aliphatic rings. The molecule has 9 nitrogen and oxygen atoms in total. The van der Waals surface area contributed by atoms with E-state index in [-0.39, 0.29) is 30.1 Å². The van der Waals surface area contributed by atoms with Crippen molar-refractivity contribution in [1.82, 2.24) is 14.8 Å². The Kier molecular flexibility index (Phi) is 8.42. The van der Waals surface area contributed by atoms with E-state index in [4.69, 9.17) is 4.74 Å². The van der Waals surface area contributed by atoms with Crippen LogP contribution in [-0.4, -0.2) is 44.9 Å². The van der Waals surface area contributed by atoms with Crippen LogP contribution in [-0.2, 0) is 33.7 Å². The van der Waals surface area contributed by atoms with Crippen LogP contribution in [0.1, 0.15) is 54.4 Å². The molecule has 11 heteroatoms. The maximum Gasteiger partial charge on any atom is 0.341 e. The molecule has 2 aromatic heterocycles. The van der Waals surface area contributed by atoms with Gasteiger partial charge in [0, 0.05) is 29.6 Å². The first kappa shape index (κ1) is 25.9. The van der Waals surface area contributed by atoms with E-state index < -0.39 is 0 Å². The predicted molar refractivity (Wildman–Crippen MR) is 142 cm³/mol. The highest BCUT2D eigenvalue weighted by Gasteiger charge is 2.27. The van der Waals surface area contributed by atoms with Crippen molar-refractivity contribution < 1.29 is 19.1 Å². The van der Waals surface area contributed by atoms with Gasteiger partial charge in [0.05, 0.1) is 17.9 Å². The molecule has 0 saturated carbocycles. The number of ether oxygens (including phenoxy) is 1. The van der Waals surface area contributed by atoms with E-state index in [0.29, 0.717) is 33.8 Å². The van der Waals surface area contributed by atoms with E-state index in [1.54, 1.807) is 6.92 Å². The number of carbonyl (C=O) groups is 3. The van der Waals surface area contributed by atoms with E-state index in [1.165, 1.54) is 30.0 Å². The number of thioether (sulfide) groups is 1. The van der Waals surface area contributed by atoms with Gasteiger partial charge in [-0.3, -0.25) is 9.59 Å². The molecular weight excluding hydrogens is 498 g/mol. The lowest BCUT2D eigenvalue weighted by Gasteiger charge is -2.12. The van der Waals surface area contributed by atoms with Crippen molar-refractivity contribution in [3.8, 4) is 11.4 Å². The van der Waals surface area contributed by atoms with Crippen molar-refractivity contribution >= 4 is 51.6 Å². The molecule has 0 bridgehead atoms. The van der Waals surface area contributed by atoms with E-state index in [0.717, 1.165) is 41.7 Å². The van der Waals surface area contributed by atoms with Gasteiger partial charge in [-0.2, -0.15) is 0 Å². The van der Waals surface area contributed by atoms with Crippen LogP contribution in [0, 0.1) is 0 Å². The maximum absolute atomic E-state index is 12.9. The van der Waals surface area contributed by atoms with E-state index in [1.807, 2.05) is 35.8 Å². The molecule has 0 fully saturated rings. The second-order valence-electron chi connectivity index (χ2n) is 8.28. The van der Waals surface area contributed by atoms with Gasteiger partial charge >= 0.3 is 5.97 Å². The molecule has 0 aliphatic heterocycles. The smallest absolute Gasteiger partial charge is 0.341 e. The van der Waals surface area contributed by atoms with Crippen molar-refractivity contribution in [1.29, 1.82) is 0 Å². The van der Waals surface area contributed by atoms with Crippen LogP contribution in [0.5, 0.6) is 0 Å². The first-order valence-corrected chi connectivity index (χ1v) is 13.8. The minimum absolute atomic E-state index is 0.120. The lowest BCUT2D eigenvalue weighted by Crippen LogP contribution is -2.17. The third-order valence-electron chi connectivity index (χ3n) is 5.71. The molecule has 0 spiro atoms. The number of hydrogen-bond acceptors (Lipinski definition) is 8. The Morgan fingerprint density at radius 2 is 1.94 bits per heavy atom. The fourth-order valence-electron chi connectivity index (χ4n) is 4.20. The summed E-state index contributed by atoms with van der Waals surface area (Å²) in [6.07, 6.45) is 3.86. The average Bonchev–Trinajstić information content (AvgIpc) is 3.43. The molecule has 36 heavy (non-hydrogen) atoms. The summed E-state index contributed by atoms with van der Waals surface area (Å²) in [5.74, 6) is 0.0301. The van der Waals surface area contributed by atoms with Crippen molar-refractivity contribution in [3.05, 3.63) is 40.3 Å². The quantitative estimate of drug-likeness (QED) is 0.304. The highest BCUT2D eigenvalue weighted by atomic mass is 32.2. The largest absolute Gasteiger partial charge is 0.462 e. The van der Waals surface area contributed by atoms with Crippen LogP contribution in [0.3, 0.4) is 0 Å². The minimum Gasteiger partial charge on any atom is -0.462 e. The predicted octanol–water partition coefficient (Wildman–Crippen LogP) is 4.77. The molecule has 1 aromatic carbocycles. The number of amides is 2. The molecule has 2 N–H and O–H groups in total. The summed E-state index contributed by atoms with van der Waals surface area (Å²) < 4.78 is 7.20. The zero-order valence-corrected chi connectivity index (χ0v) is 22.2. The van der Waals surface area contributed by atoms with Crippen LogP contribution >= 0.6 is 23.1 Å². The maximum atomic E-state index is 12.9. The molecule has 0 unspecified atom stereocenters. The monoisotopic (exact) mass is 527 g/mol. The third kappa shape index (κ3) is 5.79. The molecule has 190 valence electrons. The van der Waals surface area contributed by atoms with Gasteiger partial charge in [0.1, 0.15) is 5.00 Å². The second kappa shape index (κ2) is 11.7. The Morgan fingerprint density at radius 3 is 2.69 bits per heavy atom. The van der Waals surface area contributed by atoms with Crippen LogP contribution in [0.2, 0.25) is 0 Å². The van der Waals surface area contributed by atoms with Crippen molar-refractivity contribution in [2.24, 2.45) is 0 Å². The van der Waals surface area contributed by atoms with Crippen molar-refractivity contribution in [2.75, 3.05) is 23.0 Å². The summed E-state index contributed by atoms with van der Waals surface area (Å²) in [6, 6.07) is 7.40. The Morgan fingerprint density at radius 1 is 1.14 bits per heavy atom. The van der Waals surface area contributed by atoms with Gasteiger partial charge in [0.25, 0.3) is 0 Å². The number of fused-ring (bicyclic) bond motifs is 1. The lowest BCUT2D eigenvalue weighted by molar-refractivity contribution is -0.114. The van der Waals surface area contributed by atoms with Crippen LogP contribution in [0.4, 0.5) is 10.7 Å². The molecule has 4 rings (SSSR count). The highest BCUT2D eigenvalue weighted by molar-refractivity contribution is 7.99. The topological polar surface area (TPSA) is 115 Å². The zero-order valence-electron chi connectivity index (χ0n) is 20.6. The van der Waals surface area contributed by atoms with Gasteiger partial charge in [-0.05, 0) is 57.2 Å². The van der Waals surface area contributed by atoms with Gasteiger partial charge in [0.15, 0.2) is 11.0 Å². The Bertz CT molecular complexity index is 1280. The standard InChI is InChI=1S/C25H29N5O4S2/c1-4-30-22(16-9-8-10-17(13-16)26-15(3)31)28-29-25(30)35-14-20(32)27-23-21(24(33)34-5-2)18-11-6-7-12-19(18)36-23/h8-10,13H,4-7,11-12,14H2,1-3H3,(H,26,31)(H,27,32). The fraction of sp³-hybridized carbons (Fsp3) is 0.400. The number of nitrogens with zero attached hydrogens (tertiary/aromatic N) is 3. The molecule has 2 amide bonds. The number of rotatable bonds is 9. The number of thiophene rings is 1. The molecule has 0 saturated heterocycles. The summed E-state index contributed by atoms with van der Waals surface area (Å²) >= 11 is 2.76. The minimum atomic E-state index is -0.378. The fourth-order valence-corrected chi connectivity index (χ4v) is 6.30. The summed E-state index contributed by atoms with van der Waals surface area (Å²) in [4.78, 5) is 38.1. The highest BCUT2D eigenvalue weighted by Crippen LogP contribution is 2.38. The first-order chi connectivity index (χ1) is 17.4. The van der Waals surface area contributed by atoms with Crippen molar-refractivity contribution in [2.45, 2.75) is 58.2 Å². The number of hydrogen-bond donors (Lipinski definition) is 2. The molecular formula is C25H29N5O4S2. The van der Waals surface area contributed by atoms with Crippen molar-refractivity contribution in [3.63, 3.8) is 0 Å². The van der Waals surface area contributed by atoms with Gasteiger partial charge in [-0.25, -0.2) is 4.79 Å². The number of aromatic nitrogens is 3. The van der Waals surface area contributed by atoms with Gasteiger partial charge in [0.2, 0.25) is 11.8 Å². The number of anilines is 2. The van der Waals surface area contributed by atoms with Crippen LogP contribution < -0.4 is 10.6 Å². The van der Waals surface area contributed by atoms with E-state index >= 15 is 0 Å². The van der Waals surface area contributed by atoms with Crippen LogP contribution in [0.25, 0.3) is 11.4 Å². The lowest BCUT2D eigenvalue weighted by atomic mass is 9.95. The third-order valence-corrected chi connectivity index (χ3v) is 7.88. The normalized spacial score (nSPS) is 12.6. The average molecular weight is 528 g/mol. The van der Waals surface area contributed by atoms with E-state index in [2.05, 4.69) is 20.8 Å². The summed E-state index contributed by atoms with van der Waals surface area (Å²) in [5.41, 5.74) is 3.02. The molecule has 0 atom stereocenters. The molecule has 0 radical (unpaired) electrons. The SMILES string of the molecule is CCOC(=O)c1c(NC(=O)CSc2nnc(-c3cccc(NC(C)=O)c3)n2CC)sc2c1CCCC2. The summed E-state index contributed by atoms with van der Waals surface area (Å²) in [7, 11) is 0. The Balaban J connectivity index is 1.48. The number of carbonyl (C=O) groups excluding carboxylic acids is 3. The first-order valence-electron chi connectivity index (χ1n) is 12.0. The molecule has 1 aliphatic carbocycles. The summed E-state index contributed by atoms with van der Waals surface area (Å²) in [6.45, 7) is 6.12. The van der Waals surface area contributed by atoms with Gasteiger partial charge in [-0.15, -0.1) is 21.5 Å². The van der Waals surface area contributed by atoms with Gasteiger partial charge < -0.3 is 19.9 Å². The van der Waals surface area contributed by atoms with E-state index in [9.17, 15) is 14.4 Å².